The Kier molecular flexibility index (Phi) is 5.35. The van der Waals surface area contributed by atoms with Gasteiger partial charge in [-0.1, -0.05) is 73.7 Å². The van der Waals surface area contributed by atoms with E-state index in [2.05, 4.69) is 53.5 Å². The van der Waals surface area contributed by atoms with Crippen molar-refractivity contribution in [3.63, 3.8) is 0 Å². The minimum Gasteiger partial charge on any atom is -0.416 e. The molecule has 35 heavy (non-hydrogen) atoms. The second-order valence-corrected chi connectivity index (χ2v) is 8.29. The number of aryl methyl sites for hydroxylation is 1. The Morgan fingerprint density at radius 1 is 0.514 bits per heavy atom. The zero-order valence-corrected chi connectivity index (χ0v) is 19.2. The molecule has 0 aliphatic rings. The third kappa shape index (κ3) is 4.08. The Morgan fingerprint density at radius 2 is 1.00 bits per heavy atom. The fourth-order valence-electron chi connectivity index (χ4n) is 4.18. The van der Waals surface area contributed by atoms with Crippen molar-refractivity contribution in [2.24, 2.45) is 0 Å². The SMILES string of the molecule is CCc1nc2ccccc2nc1-c1ccc(-c2ccc(-c3nnc(-c4ccccc4)o3)cc2)cc1. The highest BCUT2D eigenvalue weighted by Crippen LogP contribution is 2.29. The highest BCUT2D eigenvalue weighted by atomic mass is 16.4. The lowest BCUT2D eigenvalue weighted by atomic mass is 10.0. The second kappa shape index (κ2) is 8.95. The Hall–Kier alpha value is -4.64. The molecule has 5 heteroatoms. The molecule has 0 atom stereocenters. The molecule has 2 aromatic heterocycles. The maximum Gasteiger partial charge on any atom is 0.248 e. The second-order valence-electron chi connectivity index (χ2n) is 8.29. The molecular formula is C30H22N4O. The van der Waals surface area contributed by atoms with Crippen LogP contribution in [0.15, 0.2) is 108 Å². The number of fused-ring (bicyclic) bond motifs is 1. The van der Waals surface area contributed by atoms with Gasteiger partial charge in [-0.25, -0.2) is 9.97 Å². The highest BCUT2D eigenvalue weighted by Gasteiger charge is 2.12. The third-order valence-electron chi connectivity index (χ3n) is 6.05. The molecular weight excluding hydrogens is 432 g/mol. The van der Waals surface area contributed by atoms with Gasteiger partial charge < -0.3 is 4.42 Å². The van der Waals surface area contributed by atoms with E-state index in [1.54, 1.807) is 0 Å². The van der Waals surface area contributed by atoms with E-state index >= 15 is 0 Å². The van der Waals surface area contributed by atoms with Gasteiger partial charge in [0.05, 0.1) is 22.4 Å². The molecule has 0 aliphatic carbocycles. The van der Waals surface area contributed by atoms with Crippen molar-refractivity contribution in [2.75, 3.05) is 0 Å². The molecule has 168 valence electrons. The summed E-state index contributed by atoms with van der Waals surface area (Å²) in [6.45, 7) is 2.12. The van der Waals surface area contributed by atoms with Gasteiger partial charge in [-0.05, 0) is 53.9 Å². The molecule has 2 heterocycles. The van der Waals surface area contributed by atoms with Crippen molar-refractivity contribution in [3.05, 3.63) is 109 Å². The summed E-state index contributed by atoms with van der Waals surface area (Å²) in [6.07, 6.45) is 0.831. The zero-order chi connectivity index (χ0) is 23.6. The van der Waals surface area contributed by atoms with E-state index in [-0.39, 0.29) is 0 Å². The van der Waals surface area contributed by atoms with E-state index in [0.717, 1.165) is 56.7 Å². The number of benzene rings is 4. The van der Waals surface area contributed by atoms with Crippen LogP contribution in [-0.4, -0.2) is 20.2 Å². The summed E-state index contributed by atoms with van der Waals surface area (Å²) in [4.78, 5) is 9.73. The Balaban J connectivity index is 1.26. The van der Waals surface area contributed by atoms with Crippen molar-refractivity contribution in [3.8, 4) is 45.3 Å². The first-order valence-corrected chi connectivity index (χ1v) is 11.6. The molecule has 0 aliphatic heterocycles. The van der Waals surface area contributed by atoms with Crippen LogP contribution in [0.2, 0.25) is 0 Å². The first kappa shape index (κ1) is 20.9. The van der Waals surface area contributed by atoms with Crippen LogP contribution >= 0.6 is 0 Å². The summed E-state index contributed by atoms with van der Waals surface area (Å²) in [5.74, 6) is 1.02. The smallest absolute Gasteiger partial charge is 0.248 e. The number of hydrogen-bond donors (Lipinski definition) is 0. The van der Waals surface area contributed by atoms with Gasteiger partial charge in [0, 0.05) is 16.7 Å². The van der Waals surface area contributed by atoms with Crippen molar-refractivity contribution in [1.29, 1.82) is 0 Å². The van der Waals surface area contributed by atoms with Crippen LogP contribution in [0.25, 0.3) is 56.3 Å². The van der Waals surface area contributed by atoms with Gasteiger partial charge in [-0.3, -0.25) is 0 Å². The molecule has 0 radical (unpaired) electrons. The van der Waals surface area contributed by atoms with E-state index < -0.39 is 0 Å². The summed E-state index contributed by atoms with van der Waals surface area (Å²) >= 11 is 0. The standard InChI is InChI=1S/C30H22N4O/c1-2-25-28(32-27-11-7-6-10-26(27)31-25)22-16-12-20(13-17-22)21-14-18-24(19-15-21)30-34-33-29(35-30)23-8-4-3-5-9-23/h3-19H,2H2,1H3. The minimum atomic E-state index is 0.507. The minimum absolute atomic E-state index is 0.507. The molecule has 0 saturated carbocycles. The van der Waals surface area contributed by atoms with Crippen molar-refractivity contribution >= 4 is 11.0 Å². The molecule has 0 amide bonds. The van der Waals surface area contributed by atoms with E-state index in [9.17, 15) is 0 Å². The summed E-state index contributed by atoms with van der Waals surface area (Å²) in [7, 11) is 0. The van der Waals surface area contributed by atoms with Crippen LogP contribution in [-0.2, 0) is 6.42 Å². The van der Waals surface area contributed by atoms with E-state index in [1.807, 2.05) is 66.7 Å². The number of hydrogen-bond acceptors (Lipinski definition) is 5. The lowest BCUT2D eigenvalue weighted by Crippen LogP contribution is -1.97. The van der Waals surface area contributed by atoms with Crippen LogP contribution < -0.4 is 0 Å². The summed E-state index contributed by atoms with van der Waals surface area (Å²) in [5, 5.41) is 8.41. The monoisotopic (exact) mass is 454 g/mol. The lowest BCUT2D eigenvalue weighted by Gasteiger charge is -2.10. The maximum absolute atomic E-state index is 5.88. The van der Waals surface area contributed by atoms with Crippen LogP contribution in [0, 0.1) is 0 Å². The molecule has 4 aromatic carbocycles. The number of aromatic nitrogens is 4. The van der Waals surface area contributed by atoms with Gasteiger partial charge in [0.15, 0.2) is 0 Å². The Bertz CT molecular complexity index is 1610. The van der Waals surface area contributed by atoms with E-state index in [1.165, 1.54) is 0 Å². The van der Waals surface area contributed by atoms with Gasteiger partial charge >= 0.3 is 0 Å². The molecule has 0 saturated heterocycles. The van der Waals surface area contributed by atoms with E-state index in [0.29, 0.717) is 11.8 Å². The average Bonchev–Trinajstić information content (AvgIpc) is 3.43. The molecule has 0 spiro atoms. The van der Waals surface area contributed by atoms with E-state index in [4.69, 9.17) is 14.4 Å². The topological polar surface area (TPSA) is 64.7 Å². The summed E-state index contributed by atoms with van der Waals surface area (Å²) < 4.78 is 5.88. The molecule has 0 unspecified atom stereocenters. The van der Waals surface area contributed by atoms with Crippen molar-refractivity contribution in [1.82, 2.24) is 20.2 Å². The quantitative estimate of drug-likeness (QED) is 0.275. The summed E-state index contributed by atoms with van der Waals surface area (Å²) in [5.41, 5.74) is 8.90. The van der Waals surface area contributed by atoms with Gasteiger partial charge in [0.2, 0.25) is 11.8 Å². The average molecular weight is 455 g/mol. The third-order valence-corrected chi connectivity index (χ3v) is 6.05. The summed E-state index contributed by atoms with van der Waals surface area (Å²) in [6, 6.07) is 34.4. The van der Waals surface area contributed by atoms with Gasteiger partial charge in [-0.15, -0.1) is 10.2 Å². The first-order valence-electron chi connectivity index (χ1n) is 11.6. The first-order chi connectivity index (χ1) is 17.3. The van der Waals surface area contributed by atoms with Gasteiger partial charge in [0.1, 0.15) is 0 Å². The van der Waals surface area contributed by atoms with Crippen LogP contribution in [0.1, 0.15) is 12.6 Å². The fourth-order valence-corrected chi connectivity index (χ4v) is 4.18. The number of para-hydroxylation sites is 2. The largest absolute Gasteiger partial charge is 0.416 e. The van der Waals surface area contributed by atoms with Crippen LogP contribution in [0.4, 0.5) is 0 Å². The predicted octanol–water partition coefficient (Wildman–Crippen LogP) is 7.24. The number of rotatable bonds is 5. The van der Waals surface area contributed by atoms with Gasteiger partial charge in [-0.2, -0.15) is 0 Å². The van der Waals surface area contributed by atoms with Crippen molar-refractivity contribution in [2.45, 2.75) is 13.3 Å². The van der Waals surface area contributed by atoms with Gasteiger partial charge in [0.25, 0.3) is 0 Å². The molecule has 0 N–H and O–H groups in total. The van der Waals surface area contributed by atoms with Crippen molar-refractivity contribution < 1.29 is 4.42 Å². The number of nitrogens with zero attached hydrogens (tertiary/aromatic N) is 4. The van der Waals surface area contributed by atoms with Crippen LogP contribution in [0.3, 0.4) is 0 Å². The maximum atomic E-state index is 5.88. The molecule has 6 rings (SSSR count). The molecule has 5 nitrogen and oxygen atoms in total. The molecule has 0 bridgehead atoms. The Morgan fingerprint density at radius 3 is 1.60 bits per heavy atom. The zero-order valence-electron chi connectivity index (χ0n) is 19.2. The molecule has 0 fully saturated rings. The predicted molar refractivity (Wildman–Crippen MR) is 139 cm³/mol. The normalized spacial score (nSPS) is 11.1. The highest BCUT2D eigenvalue weighted by molar-refractivity contribution is 5.79. The fraction of sp³-hybridized carbons (Fsp3) is 0.0667. The Labute approximate surface area is 203 Å². The molecule has 6 aromatic rings. The van der Waals surface area contributed by atoms with Crippen LogP contribution in [0.5, 0.6) is 0 Å². The lowest BCUT2D eigenvalue weighted by molar-refractivity contribution is 0.584.